The molecular weight excluding hydrogens is 280 g/mol. The number of aromatic nitrogens is 4. The normalized spacial score (nSPS) is 10.2. The number of carbonyl (C=O) groups is 1. The van der Waals surface area contributed by atoms with E-state index < -0.39 is 0 Å². The number of hydrogen-bond acceptors (Lipinski definition) is 4. The second-order valence-electron chi connectivity index (χ2n) is 4.38. The highest BCUT2D eigenvalue weighted by atomic mass is 35.5. The van der Waals surface area contributed by atoms with Crippen LogP contribution in [0.15, 0.2) is 6.07 Å². The van der Waals surface area contributed by atoms with E-state index in [0.717, 1.165) is 22.6 Å². The van der Waals surface area contributed by atoms with E-state index >= 15 is 0 Å². The fourth-order valence-corrected chi connectivity index (χ4v) is 1.99. The van der Waals surface area contributed by atoms with Crippen molar-refractivity contribution in [3.8, 4) is 11.3 Å². The van der Waals surface area contributed by atoms with Gasteiger partial charge in [0.1, 0.15) is 5.69 Å². The fraction of sp³-hybridized carbons (Fsp3) is 0.417. The van der Waals surface area contributed by atoms with Gasteiger partial charge in [0.2, 0.25) is 0 Å². The Balaban J connectivity index is 0.00000200. The van der Waals surface area contributed by atoms with Gasteiger partial charge in [0, 0.05) is 31.4 Å². The molecule has 0 saturated carbocycles. The molecule has 110 valence electrons. The highest BCUT2D eigenvalue weighted by molar-refractivity contribution is 5.93. The number of halogens is 1. The lowest BCUT2D eigenvalue weighted by Gasteiger charge is -1.99. The molecule has 0 aliphatic heterocycles. The Morgan fingerprint density at radius 1 is 1.50 bits per heavy atom. The Hall–Kier alpha value is -1.86. The molecule has 2 rings (SSSR count). The molecule has 8 heteroatoms. The minimum atomic E-state index is -0.205. The predicted molar refractivity (Wildman–Crippen MR) is 78.9 cm³/mol. The van der Waals surface area contributed by atoms with Crippen molar-refractivity contribution in [1.29, 1.82) is 0 Å². The molecule has 2 heterocycles. The van der Waals surface area contributed by atoms with Gasteiger partial charge in [-0.25, -0.2) is 0 Å². The first-order valence-corrected chi connectivity index (χ1v) is 6.08. The van der Waals surface area contributed by atoms with Crippen molar-refractivity contribution in [1.82, 2.24) is 25.3 Å². The number of aromatic amines is 1. The number of nitrogens with zero attached hydrogens (tertiary/aromatic N) is 3. The summed E-state index contributed by atoms with van der Waals surface area (Å²) in [7, 11) is 1.88. The summed E-state index contributed by atoms with van der Waals surface area (Å²) in [5, 5.41) is 13.9. The van der Waals surface area contributed by atoms with Crippen LogP contribution < -0.4 is 11.1 Å². The lowest BCUT2D eigenvalue weighted by Crippen LogP contribution is -2.29. The van der Waals surface area contributed by atoms with E-state index in [2.05, 4.69) is 20.6 Å². The molecule has 0 aliphatic carbocycles. The SMILES string of the molecule is Cc1nn(C)c(C)c1-c1cc(C(=O)NCCN)[nH]n1.Cl. The summed E-state index contributed by atoms with van der Waals surface area (Å²) in [6, 6.07) is 1.73. The third-order valence-electron chi connectivity index (χ3n) is 3.02. The number of amides is 1. The zero-order valence-electron chi connectivity index (χ0n) is 11.7. The molecule has 4 N–H and O–H groups in total. The first-order chi connectivity index (χ1) is 9.04. The van der Waals surface area contributed by atoms with Crippen LogP contribution in [0.4, 0.5) is 0 Å². The van der Waals surface area contributed by atoms with Gasteiger partial charge in [-0.15, -0.1) is 12.4 Å². The first kappa shape index (κ1) is 16.2. The van der Waals surface area contributed by atoms with Crippen LogP contribution in [0.1, 0.15) is 21.9 Å². The Bertz CT molecular complexity index is 603. The van der Waals surface area contributed by atoms with Crippen LogP contribution in [0.25, 0.3) is 11.3 Å². The van der Waals surface area contributed by atoms with Crippen LogP contribution in [0.2, 0.25) is 0 Å². The number of nitrogens with one attached hydrogen (secondary N) is 2. The molecule has 0 radical (unpaired) electrons. The summed E-state index contributed by atoms with van der Waals surface area (Å²) < 4.78 is 1.80. The minimum Gasteiger partial charge on any atom is -0.349 e. The van der Waals surface area contributed by atoms with Crippen molar-refractivity contribution in [3.05, 3.63) is 23.1 Å². The van der Waals surface area contributed by atoms with Gasteiger partial charge in [-0.3, -0.25) is 14.6 Å². The van der Waals surface area contributed by atoms with Gasteiger partial charge in [-0.1, -0.05) is 0 Å². The summed E-state index contributed by atoms with van der Waals surface area (Å²) in [5.74, 6) is -0.205. The summed E-state index contributed by atoms with van der Waals surface area (Å²) in [6.45, 7) is 4.75. The number of nitrogens with two attached hydrogens (primary N) is 1. The van der Waals surface area contributed by atoms with Gasteiger partial charge in [0.15, 0.2) is 0 Å². The molecule has 20 heavy (non-hydrogen) atoms. The topological polar surface area (TPSA) is 102 Å². The average Bonchev–Trinajstić information content (AvgIpc) is 2.93. The number of H-pyrrole nitrogens is 1. The third kappa shape index (κ3) is 3.00. The molecule has 0 unspecified atom stereocenters. The van der Waals surface area contributed by atoms with E-state index in [0.29, 0.717) is 18.8 Å². The van der Waals surface area contributed by atoms with Gasteiger partial charge in [0.25, 0.3) is 5.91 Å². The largest absolute Gasteiger partial charge is 0.349 e. The van der Waals surface area contributed by atoms with Crippen molar-refractivity contribution in [2.75, 3.05) is 13.1 Å². The minimum absolute atomic E-state index is 0. The van der Waals surface area contributed by atoms with E-state index in [1.54, 1.807) is 10.7 Å². The molecule has 0 spiro atoms. The summed E-state index contributed by atoms with van der Waals surface area (Å²) in [5.41, 5.74) is 9.34. The Labute approximate surface area is 123 Å². The molecule has 0 aliphatic rings. The second kappa shape index (κ2) is 6.53. The van der Waals surface area contributed by atoms with Gasteiger partial charge in [0.05, 0.1) is 11.4 Å². The quantitative estimate of drug-likeness (QED) is 0.766. The van der Waals surface area contributed by atoms with Gasteiger partial charge in [-0.05, 0) is 19.9 Å². The van der Waals surface area contributed by atoms with Crippen LogP contribution in [0.3, 0.4) is 0 Å². The van der Waals surface area contributed by atoms with Crippen molar-refractivity contribution >= 4 is 18.3 Å². The predicted octanol–water partition coefficient (Wildman–Crippen LogP) is 0.537. The molecular formula is C12H19ClN6O. The summed E-state index contributed by atoms with van der Waals surface area (Å²) in [4.78, 5) is 11.8. The van der Waals surface area contributed by atoms with Crippen molar-refractivity contribution in [2.24, 2.45) is 12.8 Å². The van der Waals surface area contributed by atoms with Crippen LogP contribution in [0, 0.1) is 13.8 Å². The lowest BCUT2D eigenvalue weighted by atomic mass is 10.1. The van der Waals surface area contributed by atoms with Crippen molar-refractivity contribution in [2.45, 2.75) is 13.8 Å². The maximum absolute atomic E-state index is 11.8. The van der Waals surface area contributed by atoms with Crippen LogP contribution >= 0.6 is 12.4 Å². The molecule has 0 atom stereocenters. The zero-order valence-corrected chi connectivity index (χ0v) is 12.5. The molecule has 0 aromatic carbocycles. The van der Waals surface area contributed by atoms with Gasteiger partial charge >= 0.3 is 0 Å². The average molecular weight is 299 g/mol. The molecule has 2 aromatic heterocycles. The number of carbonyl (C=O) groups excluding carboxylic acids is 1. The fourth-order valence-electron chi connectivity index (χ4n) is 1.99. The number of rotatable bonds is 4. The molecule has 0 fully saturated rings. The summed E-state index contributed by atoms with van der Waals surface area (Å²) in [6.07, 6.45) is 0. The molecule has 7 nitrogen and oxygen atoms in total. The van der Waals surface area contributed by atoms with Crippen molar-refractivity contribution < 1.29 is 4.79 Å². The Kier molecular flexibility index (Phi) is 5.29. The van der Waals surface area contributed by atoms with E-state index in [1.807, 2.05) is 20.9 Å². The number of hydrogen-bond donors (Lipinski definition) is 3. The monoisotopic (exact) mass is 298 g/mol. The van der Waals surface area contributed by atoms with Crippen LogP contribution in [-0.4, -0.2) is 39.0 Å². The number of aryl methyl sites for hydroxylation is 2. The maximum atomic E-state index is 11.8. The van der Waals surface area contributed by atoms with E-state index in [4.69, 9.17) is 5.73 Å². The highest BCUT2D eigenvalue weighted by Gasteiger charge is 2.16. The van der Waals surface area contributed by atoms with Crippen LogP contribution in [0.5, 0.6) is 0 Å². The van der Waals surface area contributed by atoms with Crippen molar-refractivity contribution in [3.63, 3.8) is 0 Å². The molecule has 1 amide bonds. The zero-order chi connectivity index (χ0) is 14.0. The molecule has 2 aromatic rings. The molecule has 0 bridgehead atoms. The Morgan fingerprint density at radius 2 is 2.20 bits per heavy atom. The van der Waals surface area contributed by atoms with Gasteiger partial charge in [-0.2, -0.15) is 10.2 Å². The second-order valence-corrected chi connectivity index (χ2v) is 4.38. The van der Waals surface area contributed by atoms with Crippen LogP contribution in [-0.2, 0) is 7.05 Å². The van der Waals surface area contributed by atoms with E-state index in [-0.39, 0.29) is 18.3 Å². The van der Waals surface area contributed by atoms with E-state index in [9.17, 15) is 4.79 Å². The summed E-state index contributed by atoms with van der Waals surface area (Å²) >= 11 is 0. The maximum Gasteiger partial charge on any atom is 0.269 e. The standard InChI is InChI=1S/C12H18N6O.ClH/c1-7-11(8(2)18(3)17-7)9-6-10(16-15-9)12(19)14-5-4-13;/h6H,4-5,13H2,1-3H3,(H,14,19)(H,15,16);1H. The smallest absolute Gasteiger partial charge is 0.269 e. The molecule has 0 saturated heterocycles. The lowest BCUT2D eigenvalue weighted by molar-refractivity contribution is 0.0950. The Morgan fingerprint density at radius 3 is 2.75 bits per heavy atom. The first-order valence-electron chi connectivity index (χ1n) is 6.08. The van der Waals surface area contributed by atoms with E-state index in [1.165, 1.54) is 0 Å². The third-order valence-corrected chi connectivity index (χ3v) is 3.02. The van der Waals surface area contributed by atoms with Gasteiger partial charge < -0.3 is 11.1 Å². The highest BCUT2D eigenvalue weighted by Crippen LogP contribution is 2.24.